The molecule has 28 heavy (non-hydrogen) atoms. The number of pyridine rings is 1. The maximum atomic E-state index is 13.3. The van der Waals surface area contributed by atoms with E-state index in [9.17, 15) is 9.90 Å². The number of aliphatic hydroxyl groups is 1. The second-order valence-electron chi connectivity index (χ2n) is 7.57. The molecule has 3 rings (SSSR count). The van der Waals surface area contributed by atoms with Gasteiger partial charge in [0, 0.05) is 30.8 Å². The Balaban J connectivity index is 2.09. The van der Waals surface area contributed by atoms with E-state index in [2.05, 4.69) is 17.2 Å². The van der Waals surface area contributed by atoms with Gasteiger partial charge in [-0.1, -0.05) is 31.2 Å². The number of hydrogen-bond donors (Lipinski definition) is 2. The van der Waals surface area contributed by atoms with Crippen LogP contribution in [0, 0.1) is 12.8 Å². The first kappa shape index (κ1) is 20.3. The number of aryl methyl sites for hydroxylation is 1. The molecule has 0 radical (unpaired) electrons. The van der Waals surface area contributed by atoms with Gasteiger partial charge in [0.2, 0.25) is 5.88 Å². The fraction of sp³-hybridized carbons (Fsp3) is 0.455. The van der Waals surface area contributed by atoms with Crippen LogP contribution in [0.25, 0.3) is 11.1 Å². The fourth-order valence-corrected chi connectivity index (χ4v) is 3.59. The molecule has 0 saturated heterocycles. The number of aliphatic hydroxyl groups excluding tert-OH is 1. The highest BCUT2D eigenvalue weighted by atomic mass is 16.5. The van der Waals surface area contributed by atoms with Crippen molar-refractivity contribution in [3.63, 3.8) is 0 Å². The van der Waals surface area contributed by atoms with Gasteiger partial charge < -0.3 is 20.1 Å². The number of nitrogens with zero attached hydrogens (tertiary/aromatic N) is 2. The van der Waals surface area contributed by atoms with E-state index in [1.165, 1.54) is 0 Å². The van der Waals surface area contributed by atoms with E-state index in [0.29, 0.717) is 24.5 Å². The van der Waals surface area contributed by atoms with Crippen LogP contribution in [0.15, 0.2) is 36.5 Å². The molecule has 0 bridgehead atoms. The van der Waals surface area contributed by atoms with Gasteiger partial charge in [-0.05, 0) is 38.1 Å². The molecule has 1 aromatic carbocycles. The van der Waals surface area contributed by atoms with Crippen molar-refractivity contribution in [3.05, 3.63) is 47.7 Å². The minimum absolute atomic E-state index is 0.0870. The van der Waals surface area contributed by atoms with Crippen LogP contribution in [0.1, 0.15) is 29.8 Å². The molecule has 1 aromatic heterocycles. The number of benzene rings is 1. The van der Waals surface area contributed by atoms with E-state index in [-0.39, 0.29) is 30.6 Å². The topological polar surface area (TPSA) is 74.7 Å². The van der Waals surface area contributed by atoms with Gasteiger partial charge in [0.05, 0.1) is 12.6 Å². The zero-order chi connectivity index (χ0) is 20.3. The van der Waals surface area contributed by atoms with Gasteiger partial charge in [-0.15, -0.1) is 0 Å². The molecule has 2 aromatic rings. The molecule has 1 aliphatic heterocycles. The number of fused-ring (bicyclic) bond motifs is 1. The van der Waals surface area contributed by atoms with E-state index >= 15 is 0 Å². The lowest BCUT2D eigenvalue weighted by Gasteiger charge is -2.36. The molecule has 0 saturated carbocycles. The molecule has 3 atom stereocenters. The Hall–Kier alpha value is -2.44. The molecular weight excluding hydrogens is 354 g/mol. The minimum Gasteiger partial charge on any atom is -0.472 e. The Kier molecular flexibility index (Phi) is 6.31. The number of aromatic nitrogens is 1. The van der Waals surface area contributed by atoms with Gasteiger partial charge in [0.15, 0.2) is 0 Å². The van der Waals surface area contributed by atoms with Crippen LogP contribution in [0.2, 0.25) is 0 Å². The quantitative estimate of drug-likeness (QED) is 0.830. The number of ether oxygens (including phenoxy) is 1. The van der Waals surface area contributed by atoms with Crippen LogP contribution in [-0.2, 0) is 0 Å². The summed E-state index contributed by atoms with van der Waals surface area (Å²) >= 11 is 0. The number of rotatable bonds is 5. The Labute approximate surface area is 166 Å². The monoisotopic (exact) mass is 383 g/mol. The van der Waals surface area contributed by atoms with E-state index < -0.39 is 0 Å². The van der Waals surface area contributed by atoms with Crippen LogP contribution in [0.5, 0.6) is 5.88 Å². The summed E-state index contributed by atoms with van der Waals surface area (Å²) in [5.74, 6) is 0.287. The predicted octanol–water partition coefficient (Wildman–Crippen LogP) is 2.50. The smallest absolute Gasteiger partial charge is 0.259 e. The highest BCUT2D eigenvalue weighted by Gasteiger charge is 2.33. The fourth-order valence-electron chi connectivity index (χ4n) is 3.59. The predicted molar refractivity (Wildman–Crippen MR) is 110 cm³/mol. The zero-order valence-corrected chi connectivity index (χ0v) is 17.0. The van der Waals surface area contributed by atoms with Crippen molar-refractivity contribution in [2.24, 2.45) is 5.92 Å². The molecule has 1 aliphatic rings. The maximum absolute atomic E-state index is 13.3. The molecule has 0 fully saturated rings. The summed E-state index contributed by atoms with van der Waals surface area (Å²) in [6.07, 6.45) is 1.64. The summed E-state index contributed by atoms with van der Waals surface area (Å²) in [5.41, 5.74) is 3.47. The summed E-state index contributed by atoms with van der Waals surface area (Å²) < 4.78 is 6.16. The number of carbonyl (C=O) groups excluding carboxylic acids is 1. The first-order chi connectivity index (χ1) is 13.5. The standard InChI is InChI=1S/C22H29N3O3/c1-14-7-5-6-8-18(14)17-9-19-21(24-10-17)28-20(11-23-4)15(2)12-25(22(19)27)16(3)13-26/h5-10,15-16,20,23,26H,11-13H2,1-4H3/t15-,16+,20-/m0/s1. The first-order valence-electron chi connectivity index (χ1n) is 9.75. The number of carbonyl (C=O) groups is 1. The number of amides is 1. The molecule has 1 amide bonds. The van der Waals surface area contributed by atoms with Gasteiger partial charge in [0.25, 0.3) is 5.91 Å². The van der Waals surface area contributed by atoms with E-state index in [1.807, 2.05) is 51.2 Å². The molecular formula is C22H29N3O3. The Bertz CT molecular complexity index is 840. The van der Waals surface area contributed by atoms with Crippen LogP contribution >= 0.6 is 0 Å². The summed E-state index contributed by atoms with van der Waals surface area (Å²) in [6, 6.07) is 9.60. The molecule has 0 spiro atoms. The third-order valence-corrected chi connectivity index (χ3v) is 5.38. The third kappa shape index (κ3) is 4.03. The minimum atomic E-state index is -0.279. The van der Waals surface area contributed by atoms with Crippen LogP contribution in [-0.4, -0.2) is 59.8 Å². The van der Waals surface area contributed by atoms with Crippen LogP contribution in [0.4, 0.5) is 0 Å². The van der Waals surface area contributed by atoms with Crippen molar-refractivity contribution in [1.29, 1.82) is 0 Å². The van der Waals surface area contributed by atoms with Gasteiger partial charge in [-0.3, -0.25) is 4.79 Å². The summed E-state index contributed by atoms with van der Waals surface area (Å²) in [4.78, 5) is 19.6. The van der Waals surface area contributed by atoms with Crippen molar-refractivity contribution in [2.45, 2.75) is 32.9 Å². The molecule has 2 heterocycles. The maximum Gasteiger partial charge on any atom is 0.259 e. The molecule has 6 nitrogen and oxygen atoms in total. The molecule has 0 unspecified atom stereocenters. The molecule has 2 N–H and O–H groups in total. The highest BCUT2D eigenvalue weighted by Crippen LogP contribution is 2.31. The Morgan fingerprint density at radius 2 is 2.11 bits per heavy atom. The van der Waals surface area contributed by atoms with E-state index in [1.54, 1.807) is 11.1 Å². The molecule has 150 valence electrons. The van der Waals surface area contributed by atoms with Gasteiger partial charge in [0.1, 0.15) is 11.7 Å². The van der Waals surface area contributed by atoms with Crippen LogP contribution in [0.3, 0.4) is 0 Å². The summed E-state index contributed by atoms with van der Waals surface area (Å²) in [7, 11) is 1.88. The lowest BCUT2D eigenvalue weighted by Crippen LogP contribution is -2.49. The second kappa shape index (κ2) is 8.71. The third-order valence-electron chi connectivity index (χ3n) is 5.38. The normalized spacial score (nSPS) is 20.8. The number of hydrogen-bond acceptors (Lipinski definition) is 5. The van der Waals surface area contributed by atoms with Crippen molar-refractivity contribution in [3.8, 4) is 17.0 Å². The van der Waals surface area contributed by atoms with Crippen molar-refractivity contribution in [1.82, 2.24) is 15.2 Å². The van der Waals surface area contributed by atoms with Crippen molar-refractivity contribution < 1.29 is 14.6 Å². The molecule has 0 aliphatic carbocycles. The Morgan fingerprint density at radius 3 is 2.79 bits per heavy atom. The van der Waals surface area contributed by atoms with Crippen molar-refractivity contribution in [2.75, 3.05) is 26.7 Å². The summed E-state index contributed by atoms with van der Waals surface area (Å²) in [6.45, 7) is 7.03. The number of likely N-dealkylation sites (N-methyl/N-ethyl adjacent to an activating group) is 1. The van der Waals surface area contributed by atoms with Crippen molar-refractivity contribution >= 4 is 5.91 Å². The van der Waals surface area contributed by atoms with E-state index in [0.717, 1.165) is 16.7 Å². The Morgan fingerprint density at radius 1 is 1.36 bits per heavy atom. The first-order valence-corrected chi connectivity index (χ1v) is 9.75. The summed E-state index contributed by atoms with van der Waals surface area (Å²) in [5, 5.41) is 12.8. The average Bonchev–Trinajstić information content (AvgIpc) is 2.70. The van der Waals surface area contributed by atoms with E-state index in [4.69, 9.17) is 4.74 Å². The zero-order valence-electron chi connectivity index (χ0n) is 17.0. The van der Waals surface area contributed by atoms with Crippen LogP contribution < -0.4 is 10.1 Å². The van der Waals surface area contributed by atoms with Gasteiger partial charge in [-0.2, -0.15) is 0 Å². The highest BCUT2D eigenvalue weighted by molar-refractivity contribution is 5.98. The number of nitrogens with one attached hydrogen (secondary N) is 1. The lowest BCUT2D eigenvalue weighted by atomic mass is 9.98. The van der Waals surface area contributed by atoms with Gasteiger partial charge >= 0.3 is 0 Å². The largest absolute Gasteiger partial charge is 0.472 e. The SMILES string of the molecule is CNC[C@@H]1Oc2ncc(-c3ccccc3C)cc2C(=O)N([C@H](C)CO)C[C@@H]1C. The average molecular weight is 383 g/mol. The second-order valence-corrected chi connectivity index (χ2v) is 7.57. The van der Waals surface area contributed by atoms with Gasteiger partial charge in [-0.25, -0.2) is 4.98 Å². The lowest BCUT2D eigenvalue weighted by molar-refractivity contribution is 0.0404. The molecule has 6 heteroatoms.